The number of hydrogen-bond acceptors (Lipinski definition) is 4. The molecule has 4 aliphatic rings. The quantitative estimate of drug-likeness (QED) is 0.447. The van der Waals surface area contributed by atoms with E-state index in [1.807, 2.05) is 58.3 Å². The van der Waals surface area contributed by atoms with Crippen LogP contribution in [0.3, 0.4) is 0 Å². The highest BCUT2D eigenvalue weighted by atomic mass is 79.9. The molecule has 0 aliphatic carbocycles. The summed E-state index contributed by atoms with van der Waals surface area (Å²) in [7, 11) is 2.20. The number of para-hydroxylation sites is 1. The molecule has 4 heterocycles. The number of anilines is 1. The summed E-state index contributed by atoms with van der Waals surface area (Å²) < 4.78 is 0.956. The molecule has 6 rings (SSSR count). The van der Waals surface area contributed by atoms with Gasteiger partial charge < -0.3 is 30.2 Å². The van der Waals surface area contributed by atoms with Gasteiger partial charge in [0.05, 0.1) is 0 Å². The standard InChI is InChI=1S/C34H45BrN6O3/c1-38-15-9-25(10-16-38)26-11-17-39(18-12-26)32(42)31(22-24-5-4-7-28(35)21-24)37-33(43)40-19-13-29(14-20-40)41-23-27-6-2-3-8-30(27)36-34(41)44/h2-8,21,25-26,29,31H,9-20,22-23H2,1H3,(H,36,44)(H,37,43). The fourth-order valence-corrected chi connectivity index (χ4v) is 8.00. The van der Waals surface area contributed by atoms with Crippen LogP contribution < -0.4 is 10.6 Å². The number of hydrogen-bond donors (Lipinski definition) is 2. The van der Waals surface area contributed by atoms with E-state index in [-0.39, 0.29) is 24.0 Å². The van der Waals surface area contributed by atoms with Crippen LogP contribution in [-0.2, 0) is 17.8 Å². The van der Waals surface area contributed by atoms with Gasteiger partial charge in [-0.25, -0.2) is 9.59 Å². The number of carbonyl (C=O) groups excluding carboxylic acids is 3. The molecule has 4 aliphatic heterocycles. The van der Waals surface area contributed by atoms with Crippen molar-refractivity contribution in [3.63, 3.8) is 0 Å². The number of nitrogens with one attached hydrogen (secondary N) is 2. The number of halogens is 1. The maximum absolute atomic E-state index is 14.0. The molecule has 10 heteroatoms. The molecular weight excluding hydrogens is 620 g/mol. The number of amides is 5. The molecule has 5 amide bonds. The number of urea groups is 2. The van der Waals surface area contributed by atoms with Gasteiger partial charge in [-0.2, -0.15) is 0 Å². The number of fused-ring (bicyclic) bond motifs is 1. The summed E-state index contributed by atoms with van der Waals surface area (Å²) in [6, 6.07) is 15.0. The zero-order valence-electron chi connectivity index (χ0n) is 25.7. The zero-order chi connectivity index (χ0) is 30.6. The van der Waals surface area contributed by atoms with E-state index in [4.69, 9.17) is 0 Å². The van der Waals surface area contributed by atoms with E-state index in [0.29, 0.717) is 44.8 Å². The highest BCUT2D eigenvalue weighted by Crippen LogP contribution is 2.33. The number of piperidine rings is 3. The van der Waals surface area contributed by atoms with Crippen molar-refractivity contribution in [3.8, 4) is 0 Å². The lowest BCUT2D eigenvalue weighted by atomic mass is 9.79. The SMILES string of the molecule is CN1CCC(C2CCN(C(=O)C(Cc3cccc(Br)c3)NC(=O)N3CCC(N4Cc5ccccc5NC4=O)CC3)CC2)CC1. The first-order valence-electron chi connectivity index (χ1n) is 16.3. The number of benzene rings is 2. The third-order valence-electron chi connectivity index (χ3n) is 10.3. The second kappa shape index (κ2) is 13.9. The first-order chi connectivity index (χ1) is 21.3. The third kappa shape index (κ3) is 7.23. The lowest BCUT2D eigenvalue weighted by Crippen LogP contribution is -2.57. The van der Waals surface area contributed by atoms with Crippen LogP contribution in [0.4, 0.5) is 15.3 Å². The van der Waals surface area contributed by atoms with E-state index in [1.165, 1.54) is 25.9 Å². The van der Waals surface area contributed by atoms with Crippen molar-refractivity contribution in [2.45, 2.75) is 63.6 Å². The number of nitrogens with zero attached hydrogens (tertiary/aromatic N) is 4. The monoisotopic (exact) mass is 664 g/mol. The van der Waals surface area contributed by atoms with Gasteiger partial charge in [0.2, 0.25) is 5.91 Å². The first-order valence-corrected chi connectivity index (χ1v) is 17.1. The Morgan fingerprint density at radius 3 is 2.25 bits per heavy atom. The second-order valence-corrected chi connectivity index (χ2v) is 14.0. The predicted octanol–water partition coefficient (Wildman–Crippen LogP) is 5.16. The maximum atomic E-state index is 14.0. The maximum Gasteiger partial charge on any atom is 0.322 e. The molecule has 1 unspecified atom stereocenters. The lowest BCUT2D eigenvalue weighted by Gasteiger charge is -2.41. The van der Waals surface area contributed by atoms with Gasteiger partial charge in [0.15, 0.2) is 0 Å². The zero-order valence-corrected chi connectivity index (χ0v) is 27.3. The van der Waals surface area contributed by atoms with Gasteiger partial charge in [0.1, 0.15) is 6.04 Å². The van der Waals surface area contributed by atoms with Crippen LogP contribution in [0, 0.1) is 11.8 Å². The Kier molecular flexibility index (Phi) is 9.76. The smallest absolute Gasteiger partial charge is 0.322 e. The lowest BCUT2D eigenvalue weighted by molar-refractivity contribution is -0.135. The number of likely N-dealkylation sites (tertiary alicyclic amines) is 3. The van der Waals surface area contributed by atoms with Crippen molar-refractivity contribution in [3.05, 3.63) is 64.1 Å². The molecule has 3 fully saturated rings. The van der Waals surface area contributed by atoms with Crippen LogP contribution in [0.15, 0.2) is 53.0 Å². The van der Waals surface area contributed by atoms with Crippen molar-refractivity contribution in [1.29, 1.82) is 0 Å². The minimum atomic E-state index is -0.626. The second-order valence-electron chi connectivity index (χ2n) is 13.1. The third-order valence-corrected chi connectivity index (χ3v) is 10.8. The highest BCUT2D eigenvalue weighted by Gasteiger charge is 2.36. The number of carbonyl (C=O) groups is 3. The normalized spacial score (nSPS) is 21.5. The van der Waals surface area contributed by atoms with E-state index >= 15 is 0 Å². The average Bonchev–Trinajstić information content (AvgIpc) is 3.04. The van der Waals surface area contributed by atoms with E-state index < -0.39 is 6.04 Å². The summed E-state index contributed by atoms with van der Waals surface area (Å²) in [4.78, 5) is 48.5. The van der Waals surface area contributed by atoms with E-state index in [0.717, 1.165) is 53.1 Å². The predicted molar refractivity (Wildman–Crippen MR) is 175 cm³/mol. The van der Waals surface area contributed by atoms with E-state index in [1.54, 1.807) is 4.90 Å². The van der Waals surface area contributed by atoms with Gasteiger partial charge in [-0.15, -0.1) is 0 Å². The van der Waals surface area contributed by atoms with Crippen LogP contribution in [0.25, 0.3) is 0 Å². The van der Waals surface area contributed by atoms with Crippen LogP contribution in [-0.4, -0.2) is 96.0 Å². The van der Waals surface area contributed by atoms with Gasteiger partial charge in [-0.05, 0) is 99.8 Å². The van der Waals surface area contributed by atoms with Crippen LogP contribution in [0.1, 0.15) is 49.7 Å². The summed E-state index contributed by atoms with van der Waals surface area (Å²) in [6.07, 6.45) is 6.45. The topological polar surface area (TPSA) is 88.2 Å². The molecule has 9 nitrogen and oxygen atoms in total. The highest BCUT2D eigenvalue weighted by molar-refractivity contribution is 9.10. The molecule has 2 N–H and O–H groups in total. The molecule has 0 aromatic heterocycles. The van der Waals surface area contributed by atoms with Gasteiger partial charge >= 0.3 is 12.1 Å². The first kappa shape index (κ1) is 30.9. The summed E-state index contributed by atoms with van der Waals surface area (Å²) >= 11 is 3.55. The summed E-state index contributed by atoms with van der Waals surface area (Å²) in [6.45, 7) is 5.52. The number of rotatable bonds is 6. The molecule has 0 bridgehead atoms. The van der Waals surface area contributed by atoms with Crippen molar-refractivity contribution >= 4 is 39.6 Å². The Hall–Kier alpha value is -3.11. The van der Waals surface area contributed by atoms with E-state index in [9.17, 15) is 14.4 Å². The summed E-state index contributed by atoms with van der Waals surface area (Å²) in [5, 5.41) is 6.14. The minimum Gasteiger partial charge on any atom is -0.341 e. The molecule has 2 aromatic carbocycles. The molecule has 236 valence electrons. The van der Waals surface area contributed by atoms with Crippen LogP contribution in [0.5, 0.6) is 0 Å². The Labute approximate surface area is 269 Å². The fourth-order valence-electron chi connectivity index (χ4n) is 7.55. The minimum absolute atomic E-state index is 0.0127. The average molecular weight is 666 g/mol. The molecule has 1 atom stereocenters. The van der Waals surface area contributed by atoms with Gasteiger partial charge in [-0.1, -0.05) is 46.3 Å². The van der Waals surface area contributed by atoms with Crippen LogP contribution >= 0.6 is 15.9 Å². The Bertz CT molecular complexity index is 1330. The largest absolute Gasteiger partial charge is 0.341 e. The molecule has 3 saturated heterocycles. The Morgan fingerprint density at radius 2 is 1.55 bits per heavy atom. The summed E-state index contributed by atoms with van der Waals surface area (Å²) in [5.74, 6) is 1.45. The molecule has 0 radical (unpaired) electrons. The molecule has 0 spiro atoms. The molecule has 44 heavy (non-hydrogen) atoms. The molecular formula is C34H45BrN6O3. The van der Waals surface area contributed by atoms with Gasteiger partial charge in [-0.3, -0.25) is 4.79 Å². The Balaban J connectivity index is 1.06. The van der Waals surface area contributed by atoms with Gasteiger partial charge in [0.25, 0.3) is 0 Å². The van der Waals surface area contributed by atoms with Crippen molar-refractivity contribution in [2.75, 3.05) is 51.6 Å². The fraction of sp³-hybridized carbons (Fsp3) is 0.559. The van der Waals surface area contributed by atoms with Gasteiger partial charge in [0, 0.05) is 55.3 Å². The van der Waals surface area contributed by atoms with Crippen molar-refractivity contribution in [2.24, 2.45) is 11.8 Å². The van der Waals surface area contributed by atoms with Crippen molar-refractivity contribution in [1.82, 2.24) is 24.9 Å². The molecule has 0 saturated carbocycles. The van der Waals surface area contributed by atoms with Crippen molar-refractivity contribution < 1.29 is 14.4 Å². The van der Waals surface area contributed by atoms with E-state index in [2.05, 4.69) is 38.5 Å². The Morgan fingerprint density at radius 1 is 0.886 bits per heavy atom. The molecule has 2 aromatic rings. The van der Waals surface area contributed by atoms with Crippen LogP contribution in [0.2, 0.25) is 0 Å². The summed E-state index contributed by atoms with van der Waals surface area (Å²) in [5.41, 5.74) is 2.99.